The van der Waals surface area contributed by atoms with Crippen LogP contribution in [0.1, 0.15) is 32.6 Å². The number of cyclic esters (lactones) is 1. The Morgan fingerprint density at radius 3 is 3.08 bits per heavy atom. The summed E-state index contributed by atoms with van der Waals surface area (Å²) in [6.45, 7) is 2.73. The highest BCUT2D eigenvalue weighted by atomic mass is 16.7. The summed E-state index contributed by atoms with van der Waals surface area (Å²) >= 11 is 0. The average molecular weight is 184 g/mol. The third-order valence-electron chi connectivity index (χ3n) is 1.84. The maximum Gasteiger partial charge on any atom is 0.308 e. The van der Waals surface area contributed by atoms with E-state index in [0.717, 1.165) is 12.8 Å². The van der Waals surface area contributed by atoms with E-state index in [2.05, 4.69) is 19.1 Å². The van der Waals surface area contributed by atoms with Gasteiger partial charge in [-0.3, -0.25) is 4.79 Å². The Labute approximate surface area is 78.7 Å². The molecule has 3 nitrogen and oxygen atoms in total. The van der Waals surface area contributed by atoms with Crippen molar-refractivity contribution in [2.75, 3.05) is 6.61 Å². The van der Waals surface area contributed by atoms with Crippen molar-refractivity contribution >= 4 is 5.97 Å². The lowest BCUT2D eigenvalue weighted by molar-refractivity contribution is -0.162. The summed E-state index contributed by atoms with van der Waals surface area (Å²) in [5.74, 6) is -0.144. The maximum absolute atomic E-state index is 10.7. The highest BCUT2D eigenvalue weighted by molar-refractivity contribution is 5.71. The van der Waals surface area contributed by atoms with Gasteiger partial charge in [0.05, 0.1) is 13.0 Å². The molecule has 0 saturated carbocycles. The van der Waals surface area contributed by atoms with Gasteiger partial charge in [-0.1, -0.05) is 19.1 Å². The van der Waals surface area contributed by atoms with Gasteiger partial charge in [-0.2, -0.15) is 0 Å². The van der Waals surface area contributed by atoms with E-state index >= 15 is 0 Å². The Morgan fingerprint density at radius 2 is 2.46 bits per heavy atom. The van der Waals surface area contributed by atoms with E-state index in [4.69, 9.17) is 9.47 Å². The first-order chi connectivity index (χ1) is 6.33. The molecule has 1 saturated heterocycles. The molecule has 74 valence electrons. The van der Waals surface area contributed by atoms with Crippen molar-refractivity contribution in [2.24, 2.45) is 0 Å². The number of carbonyl (C=O) groups excluding carboxylic acids is 1. The summed E-state index contributed by atoms with van der Waals surface area (Å²) in [5.41, 5.74) is 0. The van der Waals surface area contributed by atoms with Gasteiger partial charge in [-0.05, 0) is 12.8 Å². The number of esters is 1. The summed E-state index contributed by atoms with van der Waals surface area (Å²) in [7, 11) is 0. The van der Waals surface area contributed by atoms with Crippen LogP contribution in [0.15, 0.2) is 12.2 Å². The van der Waals surface area contributed by atoms with Gasteiger partial charge in [0.15, 0.2) is 0 Å². The molecule has 1 aliphatic rings. The first-order valence-electron chi connectivity index (χ1n) is 4.79. The van der Waals surface area contributed by atoms with Crippen LogP contribution in [0.5, 0.6) is 0 Å². The second-order valence-corrected chi connectivity index (χ2v) is 3.00. The second-order valence-electron chi connectivity index (χ2n) is 3.00. The van der Waals surface area contributed by atoms with Crippen LogP contribution in [-0.4, -0.2) is 18.9 Å². The van der Waals surface area contributed by atoms with Crippen molar-refractivity contribution in [3.8, 4) is 0 Å². The number of hydrogen-bond donors (Lipinski definition) is 0. The molecule has 0 bridgehead atoms. The monoisotopic (exact) mass is 184 g/mol. The van der Waals surface area contributed by atoms with Gasteiger partial charge in [-0.15, -0.1) is 0 Å². The Morgan fingerprint density at radius 1 is 1.62 bits per heavy atom. The van der Waals surface area contributed by atoms with Crippen LogP contribution >= 0.6 is 0 Å². The molecule has 0 radical (unpaired) electrons. The molecule has 1 fully saturated rings. The third kappa shape index (κ3) is 4.08. The molecule has 0 spiro atoms. The molecule has 0 amide bonds. The number of carbonyl (C=O) groups is 1. The summed E-state index contributed by atoms with van der Waals surface area (Å²) in [6.07, 6.45) is 7.04. The number of allylic oxidation sites excluding steroid dienone is 1. The topological polar surface area (TPSA) is 35.5 Å². The molecule has 0 N–H and O–H groups in total. The lowest BCUT2D eigenvalue weighted by Crippen LogP contribution is -2.12. The minimum Gasteiger partial charge on any atom is -0.436 e. The van der Waals surface area contributed by atoms with Gasteiger partial charge in [0, 0.05) is 6.42 Å². The minimum absolute atomic E-state index is 0.144. The molecule has 0 aliphatic carbocycles. The minimum atomic E-state index is -0.289. The van der Waals surface area contributed by atoms with Crippen LogP contribution < -0.4 is 0 Å². The van der Waals surface area contributed by atoms with Crippen LogP contribution in [0.3, 0.4) is 0 Å². The van der Waals surface area contributed by atoms with Crippen molar-refractivity contribution in [1.82, 2.24) is 0 Å². The van der Waals surface area contributed by atoms with Crippen LogP contribution in [0.4, 0.5) is 0 Å². The van der Waals surface area contributed by atoms with E-state index in [1.807, 2.05) is 0 Å². The van der Waals surface area contributed by atoms with Crippen molar-refractivity contribution in [2.45, 2.75) is 38.9 Å². The van der Waals surface area contributed by atoms with Crippen LogP contribution in [0.25, 0.3) is 0 Å². The summed E-state index contributed by atoms with van der Waals surface area (Å²) < 4.78 is 10.2. The molecule has 1 unspecified atom stereocenters. The van der Waals surface area contributed by atoms with E-state index in [1.165, 1.54) is 0 Å². The fraction of sp³-hybridized carbons (Fsp3) is 0.700. The SMILES string of the molecule is CC/C=C\CCOC1CCC(=O)O1. The molecule has 1 rings (SSSR count). The molecule has 0 aromatic rings. The van der Waals surface area contributed by atoms with Gasteiger partial charge < -0.3 is 9.47 Å². The van der Waals surface area contributed by atoms with E-state index in [0.29, 0.717) is 19.4 Å². The van der Waals surface area contributed by atoms with E-state index < -0.39 is 0 Å². The molecule has 13 heavy (non-hydrogen) atoms. The lowest BCUT2D eigenvalue weighted by Gasteiger charge is -2.08. The number of ether oxygens (including phenoxy) is 2. The Hall–Kier alpha value is -0.830. The largest absolute Gasteiger partial charge is 0.436 e. The van der Waals surface area contributed by atoms with Crippen molar-refractivity contribution in [3.05, 3.63) is 12.2 Å². The van der Waals surface area contributed by atoms with Gasteiger partial charge in [-0.25, -0.2) is 0 Å². The average Bonchev–Trinajstić information content (AvgIpc) is 2.51. The Balaban J connectivity index is 2.00. The normalized spacial score (nSPS) is 22.5. The van der Waals surface area contributed by atoms with E-state index in [9.17, 15) is 4.79 Å². The van der Waals surface area contributed by atoms with Gasteiger partial charge in [0.1, 0.15) is 0 Å². The van der Waals surface area contributed by atoms with Crippen LogP contribution in [0, 0.1) is 0 Å². The summed E-state index contributed by atoms with van der Waals surface area (Å²) in [6, 6.07) is 0. The van der Waals surface area contributed by atoms with Crippen LogP contribution in [-0.2, 0) is 14.3 Å². The predicted molar refractivity (Wildman–Crippen MR) is 49.1 cm³/mol. The predicted octanol–water partition coefficient (Wildman–Crippen LogP) is 2.02. The van der Waals surface area contributed by atoms with Gasteiger partial charge in [0.25, 0.3) is 0 Å². The van der Waals surface area contributed by atoms with E-state index in [1.54, 1.807) is 0 Å². The van der Waals surface area contributed by atoms with E-state index in [-0.39, 0.29) is 12.3 Å². The second kappa shape index (κ2) is 5.75. The van der Waals surface area contributed by atoms with Crippen molar-refractivity contribution in [3.63, 3.8) is 0 Å². The fourth-order valence-electron chi connectivity index (χ4n) is 1.17. The highest BCUT2D eigenvalue weighted by Gasteiger charge is 2.23. The molecular weight excluding hydrogens is 168 g/mol. The zero-order valence-electron chi connectivity index (χ0n) is 7.99. The van der Waals surface area contributed by atoms with Crippen molar-refractivity contribution < 1.29 is 14.3 Å². The number of rotatable bonds is 5. The zero-order valence-corrected chi connectivity index (χ0v) is 7.99. The third-order valence-corrected chi connectivity index (χ3v) is 1.84. The zero-order chi connectivity index (χ0) is 9.52. The smallest absolute Gasteiger partial charge is 0.308 e. The molecular formula is C10H16O3. The van der Waals surface area contributed by atoms with Gasteiger partial charge in [0.2, 0.25) is 6.29 Å². The molecule has 0 aromatic heterocycles. The van der Waals surface area contributed by atoms with Crippen LogP contribution in [0.2, 0.25) is 0 Å². The maximum atomic E-state index is 10.7. The standard InChI is InChI=1S/C10H16O3/c1-2-3-4-5-8-12-10-7-6-9(11)13-10/h3-4,10H,2,5-8H2,1H3/b4-3-. The van der Waals surface area contributed by atoms with Gasteiger partial charge >= 0.3 is 5.97 Å². The Kier molecular flexibility index (Phi) is 4.54. The number of hydrogen-bond acceptors (Lipinski definition) is 3. The quantitative estimate of drug-likeness (QED) is 0.372. The summed E-state index contributed by atoms with van der Waals surface area (Å²) in [4.78, 5) is 10.7. The molecule has 3 heteroatoms. The lowest BCUT2D eigenvalue weighted by atomic mass is 10.3. The molecule has 1 heterocycles. The molecule has 0 aromatic carbocycles. The Bertz CT molecular complexity index is 187. The van der Waals surface area contributed by atoms with Crippen molar-refractivity contribution in [1.29, 1.82) is 0 Å². The molecule has 1 atom stereocenters. The first kappa shape index (κ1) is 10.3. The summed E-state index contributed by atoms with van der Waals surface area (Å²) in [5, 5.41) is 0. The highest BCUT2D eigenvalue weighted by Crippen LogP contribution is 2.14. The first-order valence-corrected chi connectivity index (χ1v) is 4.79. The molecule has 1 aliphatic heterocycles. The fourth-order valence-corrected chi connectivity index (χ4v) is 1.17.